The van der Waals surface area contributed by atoms with Gasteiger partial charge in [-0.1, -0.05) is 0 Å². The predicted molar refractivity (Wildman–Crippen MR) is 66.5 cm³/mol. The van der Waals surface area contributed by atoms with E-state index >= 15 is 0 Å². The Morgan fingerprint density at radius 2 is 2.33 bits per heavy atom. The van der Waals surface area contributed by atoms with Gasteiger partial charge in [0.15, 0.2) is 0 Å². The zero-order valence-electron chi connectivity index (χ0n) is 9.92. The molecule has 0 saturated carbocycles. The summed E-state index contributed by atoms with van der Waals surface area (Å²) in [4.78, 5) is 25.0. The molecule has 1 atom stereocenters. The van der Waals surface area contributed by atoms with Crippen LogP contribution in [0.25, 0.3) is 0 Å². The first-order chi connectivity index (χ1) is 8.74. The minimum absolute atomic E-state index is 0.0504. The second-order valence-corrected chi connectivity index (χ2v) is 5.88. The molecule has 3 rings (SSSR count). The van der Waals surface area contributed by atoms with E-state index in [1.807, 2.05) is 16.7 Å². The van der Waals surface area contributed by atoms with Gasteiger partial charge in [-0.25, -0.2) is 9.89 Å². The number of carbonyl (C=O) groups excluding carboxylic acids is 1. The Morgan fingerprint density at radius 1 is 1.50 bits per heavy atom. The average Bonchev–Trinajstić information content (AvgIpc) is 2.74. The molecule has 1 N–H and O–H groups in total. The minimum Gasteiger partial charge on any atom is -0.392 e. The Kier molecular flexibility index (Phi) is 3.15. The number of thioether (sulfide) groups is 1. The van der Waals surface area contributed by atoms with Crippen LogP contribution < -0.4 is 5.76 Å². The lowest BCUT2D eigenvalue weighted by molar-refractivity contribution is -0.135. The maximum absolute atomic E-state index is 12.2. The quantitative estimate of drug-likeness (QED) is 0.842. The molecule has 18 heavy (non-hydrogen) atoms. The fourth-order valence-corrected chi connectivity index (χ4v) is 3.19. The molecular formula is C11H15N3O3S. The van der Waals surface area contributed by atoms with Gasteiger partial charge in [-0.15, -0.1) is 5.10 Å². The molecule has 2 aliphatic heterocycles. The fraction of sp³-hybridized carbons (Fsp3) is 0.727. The van der Waals surface area contributed by atoms with Crippen molar-refractivity contribution in [1.82, 2.24) is 15.1 Å². The van der Waals surface area contributed by atoms with Crippen LogP contribution in [0.5, 0.6) is 0 Å². The van der Waals surface area contributed by atoms with Gasteiger partial charge < -0.3 is 9.32 Å². The molecule has 2 aliphatic rings. The highest BCUT2D eigenvalue weighted by Crippen LogP contribution is 2.30. The van der Waals surface area contributed by atoms with E-state index in [0.29, 0.717) is 12.4 Å². The molecule has 0 radical (unpaired) electrons. The Labute approximate surface area is 108 Å². The van der Waals surface area contributed by atoms with Crippen molar-refractivity contribution in [2.24, 2.45) is 5.92 Å². The summed E-state index contributed by atoms with van der Waals surface area (Å²) in [6.45, 7) is 1.43. The molecule has 98 valence electrons. The first-order valence-corrected chi connectivity index (χ1v) is 7.31. The van der Waals surface area contributed by atoms with Crippen LogP contribution in [0.4, 0.5) is 0 Å². The number of H-pyrrole nitrogens is 1. The maximum Gasteiger partial charge on any atom is 0.434 e. The largest absolute Gasteiger partial charge is 0.434 e. The van der Waals surface area contributed by atoms with Gasteiger partial charge in [0.1, 0.15) is 0 Å². The summed E-state index contributed by atoms with van der Waals surface area (Å²) in [7, 11) is 0. The fourth-order valence-electron chi connectivity index (χ4n) is 2.43. The summed E-state index contributed by atoms with van der Waals surface area (Å²) in [5.41, 5.74) is 0. The van der Waals surface area contributed by atoms with Crippen LogP contribution in [0.2, 0.25) is 0 Å². The van der Waals surface area contributed by atoms with Crippen LogP contribution in [-0.4, -0.2) is 45.6 Å². The van der Waals surface area contributed by atoms with E-state index in [1.54, 1.807) is 0 Å². The lowest BCUT2D eigenvalue weighted by Crippen LogP contribution is -2.45. The number of amides is 1. The van der Waals surface area contributed by atoms with Crippen LogP contribution in [0, 0.1) is 5.92 Å². The summed E-state index contributed by atoms with van der Waals surface area (Å²) >= 11 is 1.81. The van der Waals surface area contributed by atoms with E-state index < -0.39 is 5.76 Å². The van der Waals surface area contributed by atoms with Crippen LogP contribution in [0.15, 0.2) is 9.21 Å². The molecule has 6 nitrogen and oxygen atoms in total. The zero-order chi connectivity index (χ0) is 12.5. The number of aromatic nitrogens is 2. The van der Waals surface area contributed by atoms with E-state index in [4.69, 9.17) is 4.42 Å². The van der Waals surface area contributed by atoms with Crippen molar-refractivity contribution < 1.29 is 9.21 Å². The highest BCUT2D eigenvalue weighted by Gasteiger charge is 2.34. The van der Waals surface area contributed by atoms with E-state index in [2.05, 4.69) is 10.2 Å². The maximum atomic E-state index is 12.2. The zero-order valence-corrected chi connectivity index (χ0v) is 10.7. The molecule has 7 heteroatoms. The number of nitrogens with zero attached hydrogens (tertiary/aromatic N) is 2. The average molecular weight is 269 g/mol. The second-order valence-electron chi connectivity index (χ2n) is 4.81. The van der Waals surface area contributed by atoms with Crippen LogP contribution >= 0.6 is 11.8 Å². The Bertz CT molecular complexity index is 494. The van der Waals surface area contributed by atoms with Crippen molar-refractivity contribution in [3.8, 4) is 0 Å². The number of hydrogen-bond acceptors (Lipinski definition) is 5. The van der Waals surface area contributed by atoms with E-state index in [-0.39, 0.29) is 17.7 Å². The number of likely N-dealkylation sites (tertiary alicyclic amines) is 1. The number of aromatic amines is 1. The van der Waals surface area contributed by atoms with Crippen molar-refractivity contribution in [3.63, 3.8) is 0 Å². The van der Waals surface area contributed by atoms with Gasteiger partial charge in [-0.05, 0) is 12.8 Å². The van der Waals surface area contributed by atoms with E-state index in [0.717, 1.165) is 30.9 Å². The molecule has 0 aliphatic carbocycles. The van der Waals surface area contributed by atoms with Gasteiger partial charge in [0.05, 0.1) is 11.8 Å². The van der Waals surface area contributed by atoms with Crippen LogP contribution in [0.3, 0.4) is 0 Å². The van der Waals surface area contributed by atoms with E-state index in [1.165, 1.54) is 0 Å². The molecule has 1 aromatic heterocycles. The smallest absolute Gasteiger partial charge is 0.392 e. The number of nitrogens with one attached hydrogen (secondary N) is 1. The highest BCUT2D eigenvalue weighted by molar-refractivity contribution is 8.00. The first kappa shape index (κ1) is 11.8. The summed E-state index contributed by atoms with van der Waals surface area (Å²) in [5.74, 6) is 2.28. The van der Waals surface area contributed by atoms with Gasteiger partial charge in [-0.3, -0.25) is 4.79 Å². The first-order valence-electron chi connectivity index (χ1n) is 6.16. The highest BCUT2D eigenvalue weighted by atomic mass is 32.2. The standard InChI is InChI=1S/C11H15N3O3S/c15-10(8-5-18-6-8)14-3-1-2-7(4-14)9-12-13-11(16)17-9/h7-8H,1-6H2,(H,13,16). The molecule has 2 saturated heterocycles. The summed E-state index contributed by atoms with van der Waals surface area (Å²) < 4.78 is 4.99. The summed E-state index contributed by atoms with van der Waals surface area (Å²) in [6.07, 6.45) is 1.85. The molecule has 1 unspecified atom stereocenters. The third-order valence-corrected chi connectivity index (χ3v) is 4.80. The van der Waals surface area contributed by atoms with Gasteiger partial charge in [0.25, 0.3) is 0 Å². The van der Waals surface area contributed by atoms with E-state index in [9.17, 15) is 9.59 Å². The molecule has 2 fully saturated rings. The Balaban J connectivity index is 1.68. The molecule has 1 amide bonds. The number of hydrogen-bond donors (Lipinski definition) is 1. The number of piperidine rings is 1. The summed E-state index contributed by atoms with van der Waals surface area (Å²) in [6, 6.07) is 0. The van der Waals surface area contributed by atoms with Crippen molar-refractivity contribution in [1.29, 1.82) is 0 Å². The minimum atomic E-state index is -0.524. The van der Waals surface area contributed by atoms with Crippen molar-refractivity contribution >= 4 is 17.7 Å². The van der Waals surface area contributed by atoms with Crippen molar-refractivity contribution in [3.05, 3.63) is 16.4 Å². The lowest BCUT2D eigenvalue weighted by Gasteiger charge is -2.35. The normalized spacial score (nSPS) is 24.9. The van der Waals surface area contributed by atoms with Crippen molar-refractivity contribution in [2.45, 2.75) is 18.8 Å². The van der Waals surface area contributed by atoms with Gasteiger partial charge in [0.2, 0.25) is 11.8 Å². The molecule has 0 aromatic carbocycles. The lowest BCUT2D eigenvalue weighted by atomic mass is 9.97. The number of rotatable bonds is 2. The molecule has 0 bridgehead atoms. The van der Waals surface area contributed by atoms with Gasteiger partial charge in [0, 0.05) is 24.6 Å². The monoisotopic (exact) mass is 269 g/mol. The topological polar surface area (TPSA) is 79.2 Å². The third kappa shape index (κ3) is 2.19. The van der Waals surface area contributed by atoms with Crippen LogP contribution in [-0.2, 0) is 4.79 Å². The molecule has 1 aromatic rings. The van der Waals surface area contributed by atoms with Gasteiger partial charge in [-0.2, -0.15) is 11.8 Å². The van der Waals surface area contributed by atoms with Gasteiger partial charge >= 0.3 is 5.76 Å². The molecule has 0 spiro atoms. The Hall–Kier alpha value is -1.24. The number of carbonyl (C=O) groups is 1. The Morgan fingerprint density at radius 3 is 2.94 bits per heavy atom. The van der Waals surface area contributed by atoms with Crippen molar-refractivity contribution in [2.75, 3.05) is 24.6 Å². The predicted octanol–water partition coefficient (Wildman–Crippen LogP) is 0.432. The summed E-state index contributed by atoms with van der Waals surface area (Å²) in [5, 5.41) is 6.14. The second kappa shape index (κ2) is 4.79. The molecule has 3 heterocycles. The third-order valence-electron chi connectivity index (χ3n) is 3.52. The SMILES string of the molecule is O=C(C1CSC1)N1CCCC(c2n[nH]c(=O)o2)C1. The van der Waals surface area contributed by atoms with Crippen LogP contribution in [0.1, 0.15) is 24.7 Å². The molecular weight excluding hydrogens is 254 g/mol.